The molecule has 7 heteroatoms. The lowest BCUT2D eigenvalue weighted by atomic mass is 9.82. The first-order valence-electron chi connectivity index (χ1n) is 11.7. The molecule has 4 rings (SSSR count). The standard InChI is InChI=1S/C27H29Cl2N3O2/c1-5-31(6-2)18-11-13-21(23(28)16-18)27(25-20(26(33)34-27)10-9-15-30-25)22-14-12-19(17-24(22)29)32(7-3)8-4/h9-17H,5-8H2,1-4H3. The van der Waals surface area contributed by atoms with Crippen LogP contribution in [-0.2, 0) is 10.3 Å². The van der Waals surface area contributed by atoms with E-state index in [-0.39, 0.29) is 0 Å². The van der Waals surface area contributed by atoms with Crippen molar-refractivity contribution in [2.24, 2.45) is 0 Å². The molecule has 2 aromatic carbocycles. The van der Waals surface area contributed by atoms with Crippen molar-refractivity contribution in [1.29, 1.82) is 0 Å². The maximum atomic E-state index is 13.0. The molecule has 0 saturated carbocycles. The molecule has 0 N–H and O–H groups in total. The van der Waals surface area contributed by atoms with Gasteiger partial charge in [-0.1, -0.05) is 35.3 Å². The summed E-state index contributed by atoms with van der Waals surface area (Å²) in [6.45, 7) is 11.8. The number of aromatic nitrogens is 1. The number of hydrogen-bond acceptors (Lipinski definition) is 5. The van der Waals surface area contributed by atoms with E-state index in [0.717, 1.165) is 37.6 Å². The number of esters is 1. The summed E-state index contributed by atoms with van der Waals surface area (Å²) in [4.78, 5) is 22.0. The maximum absolute atomic E-state index is 13.0. The third-order valence-corrected chi connectivity index (χ3v) is 7.15. The number of fused-ring (bicyclic) bond motifs is 1. The van der Waals surface area contributed by atoms with Gasteiger partial charge in [0.05, 0.1) is 15.6 Å². The van der Waals surface area contributed by atoms with Gasteiger partial charge in [0, 0.05) is 54.9 Å². The molecule has 1 aliphatic heterocycles. The molecule has 0 atom stereocenters. The fourth-order valence-corrected chi connectivity index (χ4v) is 5.37. The molecule has 5 nitrogen and oxygen atoms in total. The lowest BCUT2D eigenvalue weighted by Crippen LogP contribution is -2.32. The molecular weight excluding hydrogens is 469 g/mol. The van der Waals surface area contributed by atoms with Crippen LogP contribution in [0.3, 0.4) is 0 Å². The molecule has 0 spiro atoms. The van der Waals surface area contributed by atoms with Gasteiger partial charge in [0.15, 0.2) is 0 Å². The number of anilines is 2. The quantitative estimate of drug-likeness (QED) is 0.330. The van der Waals surface area contributed by atoms with E-state index in [2.05, 4.69) is 42.5 Å². The summed E-state index contributed by atoms with van der Waals surface area (Å²) in [5, 5.41) is 0.971. The van der Waals surface area contributed by atoms with E-state index < -0.39 is 11.6 Å². The Morgan fingerprint density at radius 3 is 1.76 bits per heavy atom. The van der Waals surface area contributed by atoms with Crippen LogP contribution >= 0.6 is 23.2 Å². The molecule has 2 heterocycles. The molecule has 0 saturated heterocycles. The van der Waals surface area contributed by atoms with Gasteiger partial charge >= 0.3 is 5.97 Å². The first-order chi connectivity index (χ1) is 16.4. The first kappa shape index (κ1) is 24.4. The smallest absolute Gasteiger partial charge is 0.341 e. The zero-order valence-electron chi connectivity index (χ0n) is 19.9. The van der Waals surface area contributed by atoms with Gasteiger partial charge in [-0.25, -0.2) is 4.79 Å². The predicted octanol–water partition coefficient (Wildman–Crippen LogP) is 6.54. The molecule has 0 radical (unpaired) electrons. The summed E-state index contributed by atoms with van der Waals surface area (Å²) in [6.07, 6.45) is 1.66. The summed E-state index contributed by atoms with van der Waals surface area (Å²) in [7, 11) is 0. The van der Waals surface area contributed by atoms with Crippen molar-refractivity contribution in [3.05, 3.63) is 87.2 Å². The van der Waals surface area contributed by atoms with Crippen LogP contribution in [0.25, 0.3) is 0 Å². The van der Waals surface area contributed by atoms with Gasteiger partial charge in [-0.05, 0) is 64.1 Å². The highest BCUT2D eigenvalue weighted by Crippen LogP contribution is 2.50. The summed E-state index contributed by atoms with van der Waals surface area (Å²) in [6, 6.07) is 15.1. The second-order valence-corrected chi connectivity index (χ2v) is 8.96. The predicted molar refractivity (Wildman–Crippen MR) is 140 cm³/mol. The van der Waals surface area contributed by atoms with Crippen LogP contribution in [0.15, 0.2) is 54.7 Å². The second kappa shape index (κ2) is 9.85. The summed E-state index contributed by atoms with van der Waals surface area (Å²) < 4.78 is 6.16. The lowest BCUT2D eigenvalue weighted by Gasteiger charge is -2.32. The molecule has 1 aromatic heterocycles. The molecular formula is C27H29Cl2N3O2. The van der Waals surface area contributed by atoms with Crippen molar-refractivity contribution in [2.45, 2.75) is 33.3 Å². The minimum Gasteiger partial charge on any atom is -0.439 e. The average molecular weight is 498 g/mol. The molecule has 178 valence electrons. The Bertz CT molecular complexity index is 1140. The largest absolute Gasteiger partial charge is 0.439 e. The number of ether oxygens (including phenoxy) is 1. The molecule has 0 bridgehead atoms. The van der Waals surface area contributed by atoms with Gasteiger partial charge in [0.2, 0.25) is 5.60 Å². The van der Waals surface area contributed by atoms with E-state index >= 15 is 0 Å². The topological polar surface area (TPSA) is 45.7 Å². The normalized spacial score (nSPS) is 14.0. The van der Waals surface area contributed by atoms with E-state index in [9.17, 15) is 4.79 Å². The maximum Gasteiger partial charge on any atom is 0.341 e. The van der Waals surface area contributed by atoms with Crippen molar-refractivity contribution in [1.82, 2.24) is 4.98 Å². The van der Waals surface area contributed by atoms with Gasteiger partial charge < -0.3 is 14.5 Å². The molecule has 0 fully saturated rings. The Hall–Kier alpha value is -2.76. The van der Waals surface area contributed by atoms with Crippen molar-refractivity contribution in [3.63, 3.8) is 0 Å². The summed E-state index contributed by atoms with van der Waals surface area (Å²) in [5.74, 6) is -0.448. The van der Waals surface area contributed by atoms with E-state index in [1.165, 1.54) is 0 Å². The Morgan fingerprint density at radius 1 is 0.824 bits per heavy atom. The van der Waals surface area contributed by atoms with E-state index in [4.69, 9.17) is 27.9 Å². The second-order valence-electron chi connectivity index (χ2n) is 8.14. The SMILES string of the molecule is CCN(CC)c1ccc(C2(c3ccc(N(CC)CC)cc3Cl)OC(=O)c3cccnc32)c(Cl)c1. The number of hydrogen-bond donors (Lipinski definition) is 0. The van der Waals surface area contributed by atoms with Crippen molar-refractivity contribution >= 4 is 40.5 Å². The van der Waals surface area contributed by atoms with Crippen LogP contribution < -0.4 is 9.80 Å². The van der Waals surface area contributed by atoms with Crippen LogP contribution in [0, 0.1) is 0 Å². The van der Waals surface area contributed by atoms with Gasteiger partial charge in [0.25, 0.3) is 0 Å². The van der Waals surface area contributed by atoms with E-state index in [1.54, 1.807) is 18.3 Å². The average Bonchev–Trinajstić information content (AvgIpc) is 3.14. The number of pyridine rings is 1. The Labute approximate surface area is 211 Å². The Balaban J connectivity index is 1.96. The van der Waals surface area contributed by atoms with Crippen molar-refractivity contribution in [2.75, 3.05) is 36.0 Å². The van der Waals surface area contributed by atoms with Gasteiger partial charge in [-0.2, -0.15) is 0 Å². The Kier molecular flexibility index (Phi) is 7.06. The number of cyclic esters (lactones) is 1. The molecule has 34 heavy (non-hydrogen) atoms. The fourth-order valence-electron chi connectivity index (χ4n) is 4.75. The third kappa shape index (κ3) is 3.91. The monoisotopic (exact) mass is 497 g/mol. The Morgan fingerprint density at radius 2 is 1.32 bits per heavy atom. The first-order valence-corrected chi connectivity index (χ1v) is 12.5. The number of carbonyl (C=O) groups is 1. The van der Waals surface area contributed by atoms with Crippen LogP contribution in [0.2, 0.25) is 10.0 Å². The van der Waals surface area contributed by atoms with Gasteiger partial charge in [0.1, 0.15) is 5.69 Å². The summed E-state index contributed by atoms with van der Waals surface area (Å²) >= 11 is 13.8. The highest BCUT2D eigenvalue weighted by atomic mass is 35.5. The molecule has 1 aliphatic rings. The minimum absolute atomic E-state index is 0.412. The van der Waals surface area contributed by atoms with Crippen molar-refractivity contribution < 1.29 is 9.53 Å². The van der Waals surface area contributed by atoms with Gasteiger partial charge in [-0.3, -0.25) is 4.98 Å². The minimum atomic E-state index is -1.34. The number of benzene rings is 2. The summed E-state index contributed by atoms with van der Waals surface area (Å²) in [5.41, 5.74) is 2.84. The zero-order chi connectivity index (χ0) is 24.5. The number of halogens is 2. The van der Waals surface area contributed by atoms with Gasteiger partial charge in [-0.15, -0.1) is 0 Å². The molecule has 3 aromatic rings. The number of nitrogens with zero attached hydrogens (tertiary/aromatic N) is 3. The number of rotatable bonds is 8. The molecule has 0 aliphatic carbocycles. The highest BCUT2D eigenvalue weighted by molar-refractivity contribution is 6.33. The molecule has 0 unspecified atom stereocenters. The van der Waals surface area contributed by atoms with E-state index in [1.807, 2.05) is 36.4 Å². The van der Waals surface area contributed by atoms with E-state index in [0.29, 0.717) is 32.4 Å². The highest BCUT2D eigenvalue weighted by Gasteiger charge is 2.52. The lowest BCUT2D eigenvalue weighted by molar-refractivity contribution is 0.0244. The molecule has 0 amide bonds. The van der Waals surface area contributed by atoms with Crippen LogP contribution in [0.4, 0.5) is 11.4 Å². The van der Waals surface area contributed by atoms with Crippen LogP contribution in [0.5, 0.6) is 0 Å². The van der Waals surface area contributed by atoms with Crippen molar-refractivity contribution in [3.8, 4) is 0 Å². The van der Waals surface area contributed by atoms with Crippen LogP contribution in [-0.4, -0.2) is 37.1 Å². The third-order valence-electron chi connectivity index (χ3n) is 6.53. The fraction of sp³-hybridized carbons (Fsp3) is 0.333. The zero-order valence-corrected chi connectivity index (χ0v) is 21.5. The van der Waals surface area contributed by atoms with Crippen LogP contribution in [0.1, 0.15) is 54.9 Å². The number of carbonyl (C=O) groups excluding carboxylic acids is 1.